The van der Waals surface area contributed by atoms with Gasteiger partial charge in [0, 0.05) is 16.3 Å². The topological polar surface area (TPSA) is 55.1 Å². The summed E-state index contributed by atoms with van der Waals surface area (Å²) in [5.41, 5.74) is 3.95. The van der Waals surface area contributed by atoms with Crippen LogP contribution in [0.2, 0.25) is 5.02 Å². The maximum Gasteiger partial charge on any atom is 0.228 e. The summed E-state index contributed by atoms with van der Waals surface area (Å²) in [5.74, 6) is 0.432. The molecule has 26 heavy (non-hydrogen) atoms. The van der Waals surface area contributed by atoms with Gasteiger partial charge in [0.1, 0.15) is 5.52 Å². The van der Waals surface area contributed by atoms with Crippen molar-refractivity contribution in [2.75, 3.05) is 5.32 Å². The lowest BCUT2D eigenvalue weighted by Crippen LogP contribution is -2.14. The van der Waals surface area contributed by atoms with Crippen LogP contribution < -0.4 is 5.32 Å². The smallest absolute Gasteiger partial charge is 0.228 e. The van der Waals surface area contributed by atoms with Gasteiger partial charge < -0.3 is 9.73 Å². The highest BCUT2D eigenvalue weighted by atomic mass is 35.5. The molecule has 1 amide bonds. The third kappa shape index (κ3) is 3.60. The molecular formula is C21H15ClN2O2. The number of aromatic nitrogens is 1. The van der Waals surface area contributed by atoms with Crippen LogP contribution in [0.4, 0.5) is 5.69 Å². The van der Waals surface area contributed by atoms with Crippen LogP contribution in [-0.2, 0) is 11.2 Å². The Balaban J connectivity index is 1.51. The average Bonchev–Trinajstić information content (AvgIpc) is 3.08. The first-order valence-electron chi connectivity index (χ1n) is 8.18. The van der Waals surface area contributed by atoms with E-state index in [0.29, 0.717) is 16.6 Å². The third-order valence-electron chi connectivity index (χ3n) is 3.97. The third-order valence-corrected chi connectivity index (χ3v) is 4.22. The van der Waals surface area contributed by atoms with Crippen molar-refractivity contribution in [3.8, 4) is 11.5 Å². The van der Waals surface area contributed by atoms with Crippen LogP contribution in [-0.4, -0.2) is 10.9 Å². The fourth-order valence-corrected chi connectivity index (χ4v) is 2.84. The summed E-state index contributed by atoms with van der Waals surface area (Å²) in [6, 6.07) is 22.3. The Hall–Kier alpha value is -3.11. The first-order valence-corrected chi connectivity index (χ1v) is 8.55. The molecule has 0 saturated carbocycles. The monoisotopic (exact) mass is 362 g/mol. The number of carbonyl (C=O) groups is 1. The lowest BCUT2D eigenvalue weighted by Gasteiger charge is -2.06. The molecule has 5 heteroatoms. The highest BCUT2D eigenvalue weighted by Gasteiger charge is 2.10. The summed E-state index contributed by atoms with van der Waals surface area (Å²) in [7, 11) is 0. The largest absolute Gasteiger partial charge is 0.436 e. The average molecular weight is 363 g/mol. The predicted molar refractivity (Wildman–Crippen MR) is 103 cm³/mol. The molecule has 0 fully saturated rings. The highest BCUT2D eigenvalue weighted by molar-refractivity contribution is 6.30. The van der Waals surface area contributed by atoms with Crippen LogP contribution in [0.1, 0.15) is 5.56 Å². The lowest BCUT2D eigenvalue weighted by molar-refractivity contribution is -0.115. The fraction of sp³-hybridized carbons (Fsp3) is 0.0476. The summed E-state index contributed by atoms with van der Waals surface area (Å²) in [6.07, 6.45) is 0.282. The molecule has 0 aliphatic carbocycles. The molecule has 0 radical (unpaired) electrons. The zero-order chi connectivity index (χ0) is 17.9. The van der Waals surface area contributed by atoms with Crippen molar-refractivity contribution in [2.24, 2.45) is 0 Å². The van der Waals surface area contributed by atoms with Crippen molar-refractivity contribution < 1.29 is 9.21 Å². The maximum absolute atomic E-state index is 12.3. The molecule has 1 aromatic heterocycles. The number of nitrogens with zero attached hydrogens (tertiary/aromatic N) is 1. The van der Waals surface area contributed by atoms with Crippen LogP contribution in [0.3, 0.4) is 0 Å². The van der Waals surface area contributed by atoms with E-state index in [-0.39, 0.29) is 12.3 Å². The van der Waals surface area contributed by atoms with E-state index in [1.54, 1.807) is 12.1 Å². The van der Waals surface area contributed by atoms with E-state index in [0.717, 1.165) is 22.2 Å². The van der Waals surface area contributed by atoms with Crippen LogP contribution in [0.5, 0.6) is 0 Å². The summed E-state index contributed by atoms with van der Waals surface area (Å²) >= 11 is 5.87. The zero-order valence-corrected chi connectivity index (χ0v) is 14.5. The number of carbonyl (C=O) groups excluding carboxylic acids is 1. The van der Waals surface area contributed by atoms with E-state index in [1.807, 2.05) is 60.7 Å². The molecular weight excluding hydrogens is 348 g/mol. The van der Waals surface area contributed by atoms with Gasteiger partial charge in [-0.3, -0.25) is 4.79 Å². The minimum absolute atomic E-state index is 0.0953. The molecule has 3 aromatic carbocycles. The van der Waals surface area contributed by atoms with E-state index in [4.69, 9.17) is 16.0 Å². The molecule has 1 heterocycles. The van der Waals surface area contributed by atoms with E-state index in [2.05, 4.69) is 10.3 Å². The molecule has 4 aromatic rings. The standard InChI is InChI=1S/C21H15ClN2O2/c22-16-10-8-14(9-11-16)12-20(25)23-17-5-3-4-15(13-17)21-24-18-6-1-2-7-19(18)26-21/h1-11,13H,12H2,(H,23,25). The van der Waals surface area contributed by atoms with E-state index in [9.17, 15) is 4.79 Å². The van der Waals surface area contributed by atoms with E-state index < -0.39 is 0 Å². The van der Waals surface area contributed by atoms with Crippen LogP contribution in [0, 0.1) is 0 Å². The normalized spacial score (nSPS) is 10.8. The molecule has 0 bridgehead atoms. The zero-order valence-electron chi connectivity index (χ0n) is 13.8. The van der Waals surface area contributed by atoms with Gasteiger partial charge in [-0.05, 0) is 48.0 Å². The number of hydrogen-bond donors (Lipinski definition) is 1. The van der Waals surface area contributed by atoms with Gasteiger partial charge in [-0.2, -0.15) is 0 Å². The number of para-hydroxylation sites is 2. The van der Waals surface area contributed by atoms with Crippen LogP contribution >= 0.6 is 11.6 Å². The van der Waals surface area contributed by atoms with Crippen molar-refractivity contribution in [3.63, 3.8) is 0 Å². The molecule has 0 spiro atoms. The van der Waals surface area contributed by atoms with Crippen molar-refractivity contribution in [1.82, 2.24) is 4.98 Å². The summed E-state index contributed by atoms with van der Waals surface area (Å²) < 4.78 is 5.78. The second kappa shape index (κ2) is 7.02. The second-order valence-electron chi connectivity index (χ2n) is 5.92. The fourth-order valence-electron chi connectivity index (χ4n) is 2.72. The number of hydrogen-bond acceptors (Lipinski definition) is 3. The molecule has 0 aliphatic rings. The number of anilines is 1. The van der Waals surface area contributed by atoms with Crippen molar-refractivity contribution in [2.45, 2.75) is 6.42 Å². The van der Waals surface area contributed by atoms with Gasteiger partial charge in [-0.1, -0.05) is 41.9 Å². The van der Waals surface area contributed by atoms with Crippen molar-refractivity contribution in [1.29, 1.82) is 0 Å². The van der Waals surface area contributed by atoms with Gasteiger partial charge in [0.05, 0.1) is 6.42 Å². The minimum Gasteiger partial charge on any atom is -0.436 e. The quantitative estimate of drug-likeness (QED) is 0.534. The van der Waals surface area contributed by atoms with Crippen molar-refractivity contribution in [3.05, 3.63) is 83.4 Å². The number of halogens is 1. The summed E-state index contributed by atoms with van der Waals surface area (Å²) in [6.45, 7) is 0. The number of nitrogens with one attached hydrogen (secondary N) is 1. The van der Waals surface area contributed by atoms with Gasteiger partial charge in [0.15, 0.2) is 5.58 Å². The van der Waals surface area contributed by atoms with Crippen LogP contribution in [0.25, 0.3) is 22.6 Å². The molecule has 4 nitrogen and oxygen atoms in total. The van der Waals surface area contributed by atoms with E-state index >= 15 is 0 Å². The molecule has 0 aliphatic heterocycles. The molecule has 4 rings (SSSR count). The van der Waals surface area contributed by atoms with Crippen molar-refractivity contribution >= 4 is 34.3 Å². The first-order chi connectivity index (χ1) is 12.7. The number of rotatable bonds is 4. The molecule has 0 saturated heterocycles. The Labute approximate surface area is 155 Å². The Morgan fingerprint density at radius 2 is 1.81 bits per heavy atom. The van der Waals surface area contributed by atoms with Crippen LogP contribution in [0.15, 0.2) is 77.2 Å². The molecule has 0 atom stereocenters. The number of fused-ring (bicyclic) bond motifs is 1. The van der Waals surface area contributed by atoms with E-state index in [1.165, 1.54) is 0 Å². The molecule has 0 unspecified atom stereocenters. The predicted octanol–water partition coefficient (Wildman–Crippen LogP) is 5.33. The van der Waals surface area contributed by atoms with Gasteiger partial charge >= 0.3 is 0 Å². The highest BCUT2D eigenvalue weighted by Crippen LogP contribution is 2.26. The Morgan fingerprint density at radius 1 is 1.00 bits per heavy atom. The van der Waals surface area contributed by atoms with Gasteiger partial charge in [0.25, 0.3) is 0 Å². The van der Waals surface area contributed by atoms with Gasteiger partial charge in [-0.25, -0.2) is 4.98 Å². The molecule has 1 N–H and O–H groups in total. The molecule has 128 valence electrons. The number of oxazole rings is 1. The van der Waals surface area contributed by atoms with Gasteiger partial charge in [-0.15, -0.1) is 0 Å². The Morgan fingerprint density at radius 3 is 2.62 bits per heavy atom. The van der Waals surface area contributed by atoms with Gasteiger partial charge in [0.2, 0.25) is 11.8 Å². The SMILES string of the molecule is O=C(Cc1ccc(Cl)cc1)Nc1cccc(-c2nc3ccccc3o2)c1. The summed E-state index contributed by atoms with van der Waals surface area (Å²) in [5, 5.41) is 3.56. The summed E-state index contributed by atoms with van der Waals surface area (Å²) in [4.78, 5) is 16.8. The number of amides is 1. The second-order valence-corrected chi connectivity index (χ2v) is 6.36. The Kier molecular flexibility index (Phi) is 4.42. The lowest BCUT2D eigenvalue weighted by atomic mass is 10.1. The first kappa shape index (κ1) is 16.4. The Bertz CT molecular complexity index is 1040. The maximum atomic E-state index is 12.3. The minimum atomic E-state index is -0.0953. The number of benzene rings is 3.